The molecule has 0 fully saturated rings. The summed E-state index contributed by atoms with van der Waals surface area (Å²) in [5.74, 6) is 0.0222. The summed E-state index contributed by atoms with van der Waals surface area (Å²) < 4.78 is 4.97. The zero-order valence-electron chi connectivity index (χ0n) is 12.4. The molecule has 0 amide bonds. The first kappa shape index (κ1) is 18.4. The van der Waals surface area contributed by atoms with Gasteiger partial charge >= 0.3 is 5.97 Å². The number of rotatable bonds is 8. The Morgan fingerprint density at radius 3 is 2.25 bits per heavy atom. The molecular formula is C16H26O4. The van der Waals surface area contributed by atoms with Crippen LogP contribution in [0.5, 0.6) is 5.75 Å². The number of carboxylic acid groups (broad SMARTS) is 1. The summed E-state index contributed by atoms with van der Waals surface area (Å²) in [6, 6.07) is 9.21. The molecule has 2 N–H and O–H groups in total. The van der Waals surface area contributed by atoms with Crippen LogP contribution in [0.1, 0.15) is 52.4 Å². The highest BCUT2D eigenvalue weighted by Crippen LogP contribution is 2.09. The number of carbonyl (C=O) groups is 1. The maximum atomic E-state index is 10.0. The minimum atomic E-state index is -0.734. The molecule has 20 heavy (non-hydrogen) atoms. The second-order valence-corrected chi connectivity index (χ2v) is 4.59. The van der Waals surface area contributed by atoms with Crippen molar-refractivity contribution < 1.29 is 19.7 Å². The summed E-state index contributed by atoms with van der Waals surface area (Å²) in [6.07, 6.45) is 5.15. The summed E-state index contributed by atoms with van der Waals surface area (Å²) in [6.45, 7) is 3.73. The molecule has 0 aliphatic carbocycles. The smallest absolute Gasteiger partial charge is 0.303 e. The van der Waals surface area contributed by atoms with E-state index in [-0.39, 0.29) is 0 Å². The van der Waals surface area contributed by atoms with Gasteiger partial charge in [0.25, 0.3) is 0 Å². The third-order valence-corrected chi connectivity index (χ3v) is 2.54. The maximum Gasteiger partial charge on any atom is 0.303 e. The molecule has 1 unspecified atom stereocenters. The molecule has 4 heteroatoms. The molecule has 0 heterocycles. The molecule has 0 spiro atoms. The van der Waals surface area contributed by atoms with E-state index in [2.05, 4.69) is 6.92 Å². The van der Waals surface area contributed by atoms with Gasteiger partial charge in [-0.05, 0) is 25.5 Å². The molecule has 4 nitrogen and oxygen atoms in total. The number of aliphatic hydroxyl groups excluding tert-OH is 1. The quantitative estimate of drug-likeness (QED) is 0.561. The van der Waals surface area contributed by atoms with Gasteiger partial charge in [0.1, 0.15) is 5.75 Å². The Morgan fingerprint density at radius 1 is 1.15 bits per heavy atom. The van der Waals surface area contributed by atoms with Gasteiger partial charge in [0.15, 0.2) is 6.29 Å². The van der Waals surface area contributed by atoms with Crippen molar-refractivity contribution in [2.75, 3.05) is 0 Å². The van der Waals surface area contributed by atoms with E-state index in [1.807, 2.05) is 18.2 Å². The molecule has 0 aliphatic heterocycles. The minimum Gasteiger partial charge on any atom is -0.481 e. The van der Waals surface area contributed by atoms with Crippen LogP contribution in [0.3, 0.4) is 0 Å². The van der Waals surface area contributed by atoms with Crippen LogP contribution in [0.2, 0.25) is 0 Å². The Kier molecular flexibility index (Phi) is 11.5. The highest BCUT2D eigenvalue weighted by atomic mass is 16.6. The normalized spacial score (nSPS) is 11.2. The summed E-state index contributed by atoms with van der Waals surface area (Å²) in [4.78, 5) is 10.0. The van der Waals surface area contributed by atoms with E-state index in [9.17, 15) is 4.79 Å². The largest absolute Gasteiger partial charge is 0.481 e. The fourth-order valence-electron chi connectivity index (χ4n) is 1.58. The molecule has 0 saturated carbocycles. The number of benzene rings is 1. The van der Waals surface area contributed by atoms with Crippen molar-refractivity contribution in [2.24, 2.45) is 0 Å². The summed E-state index contributed by atoms with van der Waals surface area (Å²) in [5, 5.41) is 17.1. The lowest BCUT2D eigenvalue weighted by atomic mass is 10.1. The standard InChI is InChI=1S/C8H10O2.C8H16O2/c1-7(9)10-8-5-3-2-4-6-8;1-2-3-4-5-6-7-8(9)10/h2-7,9H,1H3;2-7H2,1H3,(H,9,10). The van der Waals surface area contributed by atoms with Gasteiger partial charge in [-0.15, -0.1) is 0 Å². The second kappa shape index (κ2) is 12.5. The molecule has 0 aliphatic rings. The van der Waals surface area contributed by atoms with E-state index in [1.54, 1.807) is 19.1 Å². The van der Waals surface area contributed by atoms with Crippen LogP contribution in [0.4, 0.5) is 0 Å². The molecule has 1 rings (SSSR count). The van der Waals surface area contributed by atoms with Crippen molar-refractivity contribution in [3.8, 4) is 5.75 Å². The zero-order valence-corrected chi connectivity index (χ0v) is 12.4. The lowest BCUT2D eigenvalue weighted by Crippen LogP contribution is -2.08. The highest BCUT2D eigenvalue weighted by Gasteiger charge is 1.95. The summed E-state index contributed by atoms with van der Waals surface area (Å²) in [7, 11) is 0. The monoisotopic (exact) mass is 282 g/mol. The van der Waals surface area contributed by atoms with Gasteiger partial charge in [0, 0.05) is 6.42 Å². The van der Waals surface area contributed by atoms with E-state index < -0.39 is 12.3 Å². The van der Waals surface area contributed by atoms with Crippen LogP contribution in [0, 0.1) is 0 Å². The third kappa shape index (κ3) is 12.9. The molecule has 1 aromatic carbocycles. The molecule has 1 aromatic rings. The average Bonchev–Trinajstić information content (AvgIpc) is 2.39. The summed E-state index contributed by atoms with van der Waals surface area (Å²) in [5.41, 5.74) is 0. The van der Waals surface area contributed by atoms with Crippen molar-refractivity contribution >= 4 is 5.97 Å². The second-order valence-electron chi connectivity index (χ2n) is 4.59. The fourth-order valence-corrected chi connectivity index (χ4v) is 1.58. The van der Waals surface area contributed by atoms with Crippen molar-refractivity contribution in [1.82, 2.24) is 0 Å². The number of hydrogen-bond acceptors (Lipinski definition) is 3. The number of unbranched alkanes of at least 4 members (excludes halogenated alkanes) is 4. The lowest BCUT2D eigenvalue weighted by molar-refractivity contribution is -0.137. The number of aliphatic carboxylic acids is 1. The van der Waals surface area contributed by atoms with Crippen LogP contribution < -0.4 is 4.74 Å². The number of para-hydroxylation sites is 1. The molecule has 0 saturated heterocycles. The van der Waals surface area contributed by atoms with Crippen LogP contribution >= 0.6 is 0 Å². The Morgan fingerprint density at radius 2 is 1.75 bits per heavy atom. The third-order valence-electron chi connectivity index (χ3n) is 2.54. The molecule has 1 atom stereocenters. The Labute approximate surface area is 121 Å². The van der Waals surface area contributed by atoms with Crippen LogP contribution in [-0.4, -0.2) is 22.5 Å². The predicted molar refractivity (Wildman–Crippen MR) is 79.8 cm³/mol. The Hall–Kier alpha value is -1.55. The fraction of sp³-hybridized carbons (Fsp3) is 0.562. The Bertz CT molecular complexity index is 336. The minimum absolute atomic E-state index is 0.337. The molecule has 0 radical (unpaired) electrons. The molecular weight excluding hydrogens is 256 g/mol. The van der Waals surface area contributed by atoms with E-state index in [0.29, 0.717) is 12.2 Å². The molecule has 114 valence electrons. The van der Waals surface area contributed by atoms with E-state index in [0.717, 1.165) is 12.8 Å². The van der Waals surface area contributed by atoms with Gasteiger partial charge in [-0.25, -0.2) is 0 Å². The number of aliphatic hydroxyl groups is 1. The van der Waals surface area contributed by atoms with Crippen molar-refractivity contribution in [2.45, 2.75) is 58.7 Å². The van der Waals surface area contributed by atoms with Crippen LogP contribution in [-0.2, 0) is 4.79 Å². The molecule has 0 bridgehead atoms. The van der Waals surface area contributed by atoms with Crippen molar-refractivity contribution in [3.63, 3.8) is 0 Å². The maximum absolute atomic E-state index is 10.0. The first-order chi connectivity index (χ1) is 9.56. The van der Waals surface area contributed by atoms with Crippen molar-refractivity contribution in [3.05, 3.63) is 30.3 Å². The van der Waals surface area contributed by atoms with Gasteiger partial charge in [-0.1, -0.05) is 50.8 Å². The zero-order chi connectivity index (χ0) is 15.2. The van der Waals surface area contributed by atoms with Gasteiger partial charge < -0.3 is 14.9 Å². The van der Waals surface area contributed by atoms with Crippen molar-refractivity contribution in [1.29, 1.82) is 0 Å². The first-order valence-electron chi connectivity index (χ1n) is 7.17. The van der Waals surface area contributed by atoms with Gasteiger partial charge in [-0.3, -0.25) is 4.79 Å². The van der Waals surface area contributed by atoms with E-state index in [1.165, 1.54) is 19.3 Å². The number of carboxylic acids is 1. The van der Waals surface area contributed by atoms with Gasteiger partial charge in [0.05, 0.1) is 0 Å². The predicted octanol–water partition coefficient (Wildman–Crippen LogP) is 3.84. The average molecular weight is 282 g/mol. The highest BCUT2D eigenvalue weighted by molar-refractivity contribution is 5.66. The van der Waals surface area contributed by atoms with Gasteiger partial charge in [-0.2, -0.15) is 0 Å². The topological polar surface area (TPSA) is 66.8 Å². The first-order valence-corrected chi connectivity index (χ1v) is 7.17. The van der Waals surface area contributed by atoms with E-state index in [4.69, 9.17) is 14.9 Å². The number of hydrogen-bond donors (Lipinski definition) is 2. The lowest BCUT2D eigenvalue weighted by Gasteiger charge is -2.06. The SMILES string of the molecule is CC(O)Oc1ccccc1.CCCCCCCC(=O)O. The van der Waals surface area contributed by atoms with E-state index >= 15 is 0 Å². The van der Waals surface area contributed by atoms with Crippen LogP contribution in [0.25, 0.3) is 0 Å². The number of ether oxygens (including phenoxy) is 1. The molecule has 0 aromatic heterocycles. The van der Waals surface area contributed by atoms with Gasteiger partial charge in [0.2, 0.25) is 0 Å². The summed E-state index contributed by atoms with van der Waals surface area (Å²) >= 11 is 0. The Balaban J connectivity index is 0.000000361. The van der Waals surface area contributed by atoms with Crippen LogP contribution in [0.15, 0.2) is 30.3 Å².